The number of hydrogen-bond acceptors (Lipinski definition) is 2. The highest BCUT2D eigenvalue weighted by Crippen LogP contribution is 2.23. The van der Waals surface area contributed by atoms with E-state index in [9.17, 15) is 4.79 Å². The van der Waals surface area contributed by atoms with Gasteiger partial charge in [-0.15, -0.1) is 0 Å². The van der Waals surface area contributed by atoms with Crippen LogP contribution in [0.4, 0.5) is 0 Å². The number of aldehydes is 1. The normalized spacial score (nSPS) is 24.4. The molecule has 1 saturated heterocycles. The van der Waals surface area contributed by atoms with Gasteiger partial charge in [0.05, 0.1) is 11.9 Å². The van der Waals surface area contributed by atoms with E-state index in [4.69, 9.17) is 4.74 Å². The van der Waals surface area contributed by atoms with E-state index >= 15 is 0 Å². The van der Waals surface area contributed by atoms with E-state index in [2.05, 4.69) is 6.58 Å². The van der Waals surface area contributed by atoms with Crippen LogP contribution in [0, 0.1) is 0 Å². The molecule has 2 nitrogen and oxygen atoms in total. The Hall–Kier alpha value is -0.790. The zero-order valence-corrected chi connectivity index (χ0v) is 6.01. The third-order valence-electron chi connectivity index (χ3n) is 1.68. The zero-order chi connectivity index (χ0) is 7.40. The van der Waals surface area contributed by atoms with Gasteiger partial charge in [-0.25, -0.2) is 0 Å². The molecule has 56 valence electrons. The largest absolute Gasteiger partial charge is 0.495 e. The molecule has 1 atom stereocenters. The molecule has 1 heterocycles. The molecule has 0 bridgehead atoms. The van der Waals surface area contributed by atoms with Crippen molar-refractivity contribution in [1.82, 2.24) is 0 Å². The molecule has 0 aromatic heterocycles. The van der Waals surface area contributed by atoms with Gasteiger partial charge in [0.25, 0.3) is 0 Å². The second-order valence-electron chi connectivity index (χ2n) is 2.56. The molecule has 1 unspecified atom stereocenters. The summed E-state index contributed by atoms with van der Waals surface area (Å²) in [6, 6.07) is 0. The lowest BCUT2D eigenvalue weighted by molar-refractivity contribution is -0.108. The Balaban J connectivity index is 2.18. The third kappa shape index (κ3) is 1.87. The summed E-state index contributed by atoms with van der Waals surface area (Å²) < 4.78 is 5.31. The maximum absolute atomic E-state index is 9.97. The summed E-state index contributed by atoms with van der Waals surface area (Å²) in [6.45, 7) is 3.70. The Bertz CT molecular complexity index is 140. The molecule has 0 N–H and O–H groups in total. The van der Waals surface area contributed by atoms with Crippen LogP contribution in [0.1, 0.15) is 25.7 Å². The van der Waals surface area contributed by atoms with Gasteiger partial charge in [-0.3, -0.25) is 0 Å². The maximum Gasteiger partial charge on any atom is 0.120 e. The van der Waals surface area contributed by atoms with Crippen LogP contribution >= 0.6 is 0 Å². The van der Waals surface area contributed by atoms with Gasteiger partial charge in [-0.1, -0.05) is 6.58 Å². The first kappa shape index (κ1) is 7.32. The van der Waals surface area contributed by atoms with Crippen LogP contribution in [0.3, 0.4) is 0 Å². The lowest BCUT2D eigenvalue weighted by atomic mass is 10.1. The van der Waals surface area contributed by atoms with Gasteiger partial charge in [0.1, 0.15) is 6.29 Å². The van der Waals surface area contributed by atoms with Crippen molar-refractivity contribution in [3.05, 3.63) is 12.3 Å². The summed E-state index contributed by atoms with van der Waals surface area (Å²) >= 11 is 0. The predicted molar refractivity (Wildman–Crippen MR) is 38.5 cm³/mol. The molecule has 1 rings (SSSR count). The van der Waals surface area contributed by atoms with Crippen LogP contribution < -0.4 is 0 Å². The van der Waals surface area contributed by atoms with E-state index in [0.717, 1.165) is 31.3 Å². The van der Waals surface area contributed by atoms with Gasteiger partial charge in [0.2, 0.25) is 0 Å². The van der Waals surface area contributed by atoms with Crippen LogP contribution in [-0.4, -0.2) is 12.4 Å². The van der Waals surface area contributed by atoms with E-state index in [1.54, 1.807) is 0 Å². The molecule has 10 heavy (non-hydrogen) atoms. The Kier molecular flexibility index (Phi) is 2.49. The van der Waals surface area contributed by atoms with Gasteiger partial charge >= 0.3 is 0 Å². The summed E-state index contributed by atoms with van der Waals surface area (Å²) in [5, 5.41) is 0. The fraction of sp³-hybridized carbons (Fsp3) is 0.625. The SMILES string of the molecule is C=C1CCC(CCC=O)O1. The summed E-state index contributed by atoms with van der Waals surface area (Å²) in [6.07, 6.45) is 4.65. The number of allylic oxidation sites excluding steroid dienone is 1. The molecule has 0 amide bonds. The molecule has 0 aliphatic carbocycles. The smallest absolute Gasteiger partial charge is 0.120 e. The Morgan fingerprint density at radius 3 is 3.10 bits per heavy atom. The molecule has 0 radical (unpaired) electrons. The Morgan fingerprint density at radius 1 is 1.80 bits per heavy atom. The molecule has 1 fully saturated rings. The molecular weight excluding hydrogens is 128 g/mol. The predicted octanol–water partition coefficient (Wildman–Crippen LogP) is 1.66. The van der Waals surface area contributed by atoms with Crippen LogP contribution in [0.5, 0.6) is 0 Å². The highest BCUT2D eigenvalue weighted by Gasteiger charge is 2.17. The molecular formula is C8H12O2. The van der Waals surface area contributed by atoms with Crippen LogP contribution in [0.15, 0.2) is 12.3 Å². The standard InChI is InChI=1S/C8H12O2/c1-7-4-5-8(10-7)3-2-6-9/h6,8H,1-5H2. The fourth-order valence-corrected chi connectivity index (χ4v) is 1.13. The highest BCUT2D eigenvalue weighted by atomic mass is 16.5. The monoisotopic (exact) mass is 140 g/mol. The number of carbonyl (C=O) groups excluding carboxylic acids is 1. The molecule has 0 spiro atoms. The highest BCUT2D eigenvalue weighted by molar-refractivity contribution is 5.49. The number of ether oxygens (including phenoxy) is 1. The summed E-state index contributed by atoms with van der Waals surface area (Å²) in [5.41, 5.74) is 0. The third-order valence-corrected chi connectivity index (χ3v) is 1.68. The Labute approximate surface area is 60.9 Å². The maximum atomic E-state index is 9.97. The quantitative estimate of drug-likeness (QED) is 0.557. The molecule has 0 saturated carbocycles. The van der Waals surface area contributed by atoms with E-state index < -0.39 is 0 Å². The lowest BCUT2D eigenvalue weighted by Crippen LogP contribution is -2.03. The average Bonchev–Trinajstić information content (AvgIpc) is 2.31. The van der Waals surface area contributed by atoms with Crippen molar-refractivity contribution in [2.24, 2.45) is 0 Å². The van der Waals surface area contributed by atoms with E-state index in [0.29, 0.717) is 6.42 Å². The fourth-order valence-electron chi connectivity index (χ4n) is 1.13. The average molecular weight is 140 g/mol. The molecule has 2 heteroatoms. The van der Waals surface area contributed by atoms with Crippen molar-refractivity contribution in [3.63, 3.8) is 0 Å². The van der Waals surface area contributed by atoms with Gasteiger partial charge in [-0.05, 0) is 12.8 Å². The van der Waals surface area contributed by atoms with Crippen molar-refractivity contribution in [1.29, 1.82) is 0 Å². The second-order valence-corrected chi connectivity index (χ2v) is 2.56. The van der Waals surface area contributed by atoms with Crippen LogP contribution in [-0.2, 0) is 9.53 Å². The molecule has 1 aliphatic heterocycles. The summed E-state index contributed by atoms with van der Waals surface area (Å²) in [7, 11) is 0. The first-order valence-corrected chi connectivity index (χ1v) is 3.61. The van der Waals surface area contributed by atoms with Crippen LogP contribution in [0.25, 0.3) is 0 Å². The number of hydrogen-bond donors (Lipinski definition) is 0. The van der Waals surface area contributed by atoms with Crippen LogP contribution in [0.2, 0.25) is 0 Å². The lowest BCUT2D eigenvalue weighted by Gasteiger charge is -2.06. The first-order valence-electron chi connectivity index (χ1n) is 3.61. The first-order chi connectivity index (χ1) is 4.83. The van der Waals surface area contributed by atoms with Gasteiger partial charge < -0.3 is 9.53 Å². The van der Waals surface area contributed by atoms with Crippen molar-refractivity contribution in [2.75, 3.05) is 0 Å². The number of carbonyl (C=O) groups is 1. The molecule has 1 aliphatic rings. The second kappa shape index (κ2) is 3.40. The minimum absolute atomic E-state index is 0.262. The summed E-state index contributed by atoms with van der Waals surface area (Å²) in [5.74, 6) is 0.871. The van der Waals surface area contributed by atoms with E-state index in [-0.39, 0.29) is 6.10 Å². The minimum Gasteiger partial charge on any atom is -0.495 e. The Morgan fingerprint density at radius 2 is 2.60 bits per heavy atom. The van der Waals surface area contributed by atoms with Crippen molar-refractivity contribution in [3.8, 4) is 0 Å². The topological polar surface area (TPSA) is 26.3 Å². The zero-order valence-electron chi connectivity index (χ0n) is 6.01. The molecule has 0 aromatic carbocycles. The van der Waals surface area contributed by atoms with Gasteiger partial charge in [-0.2, -0.15) is 0 Å². The minimum atomic E-state index is 0.262. The van der Waals surface area contributed by atoms with Gasteiger partial charge in [0, 0.05) is 12.8 Å². The van der Waals surface area contributed by atoms with Crippen molar-refractivity contribution >= 4 is 6.29 Å². The van der Waals surface area contributed by atoms with E-state index in [1.807, 2.05) is 0 Å². The van der Waals surface area contributed by atoms with Crippen molar-refractivity contribution in [2.45, 2.75) is 31.8 Å². The summed E-state index contributed by atoms with van der Waals surface area (Å²) in [4.78, 5) is 9.97. The van der Waals surface area contributed by atoms with Gasteiger partial charge in [0.15, 0.2) is 0 Å². The van der Waals surface area contributed by atoms with Crippen molar-refractivity contribution < 1.29 is 9.53 Å². The molecule has 0 aromatic rings. The number of rotatable bonds is 3. The van der Waals surface area contributed by atoms with E-state index in [1.165, 1.54) is 0 Å².